The molecule has 0 atom stereocenters. The first-order valence-electron chi connectivity index (χ1n) is 4.86. The summed E-state index contributed by atoms with van der Waals surface area (Å²) in [5.41, 5.74) is -1.95. The van der Waals surface area contributed by atoms with E-state index in [2.05, 4.69) is 0 Å². The van der Waals surface area contributed by atoms with E-state index in [0.717, 1.165) is 0 Å². The fourth-order valence-corrected chi connectivity index (χ4v) is 1.89. The van der Waals surface area contributed by atoms with E-state index in [1.807, 2.05) is 11.1 Å². The highest BCUT2D eigenvalue weighted by Crippen LogP contribution is 2.19. The second-order valence-corrected chi connectivity index (χ2v) is 4.26. The monoisotopic (exact) mass is 299 g/mol. The zero-order valence-corrected chi connectivity index (χ0v) is 10.6. The molecule has 5 nitrogen and oxygen atoms in total. The van der Waals surface area contributed by atoms with Crippen LogP contribution in [0.25, 0.3) is 5.69 Å². The molecule has 2 aromatic rings. The summed E-state index contributed by atoms with van der Waals surface area (Å²) in [6.07, 6.45) is 0. The zero-order valence-electron chi connectivity index (χ0n) is 9.08. The number of benzene rings is 1. The van der Waals surface area contributed by atoms with Crippen LogP contribution in [-0.4, -0.2) is 9.55 Å². The van der Waals surface area contributed by atoms with E-state index >= 15 is 0 Å². The maximum absolute atomic E-state index is 13.4. The summed E-state index contributed by atoms with van der Waals surface area (Å²) in [6.45, 7) is 0. The van der Waals surface area contributed by atoms with Gasteiger partial charge in [0, 0.05) is 0 Å². The third kappa shape index (κ3) is 2.26. The Morgan fingerprint density at radius 3 is 2.58 bits per heavy atom. The lowest BCUT2D eigenvalue weighted by atomic mass is 10.2. The molecule has 0 saturated carbocycles. The molecule has 0 saturated heterocycles. The van der Waals surface area contributed by atoms with Crippen LogP contribution >= 0.6 is 23.2 Å². The number of H-pyrrole nitrogens is 1. The Bertz CT molecular complexity index is 820. The van der Waals surface area contributed by atoms with Crippen LogP contribution in [0.3, 0.4) is 0 Å². The Labute approximate surface area is 115 Å². The lowest BCUT2D eigenvalue weighted by Gasteiger charge is -2.07. The molecule has 0 bridgehead atoms. The lowest BCUT2D eigenvalue weighted by Crippen LogP contribution is -2.36. The molecule has 19 heavy (non-hydrogen) atoms. The van der Waals surface area contributed by atoms with Crippen LogP contribution < -0.4 is 11.2 Å². The number of nitrogens with one attached hydrogen (secondary N) is 1. The maximum Gasteiger partial charge on any atom is 0.334 e. The number of rotatable bonds is 1. The van der Waals surface area contributed by atoms with E-state index in [4.69, 9.17) is 28.5 Å². The van der Waals surface area contributed by atoms with Crippen molar-refractivity contribution in [3.8, 4) is 11.8 Å². The smallest absolute Gasteiger partial charge is 0.295 e. The van der Waals surface area contributed by atoms with E-state index in [9.17, 15) is 14.0 Å². The van der Waals surface area contributed by atoms with Crippen molar-refractivity contribution in [2.24, 2.45) is 0 Å². The Balaban J connectivity index is 2.81. The number of halogens is 3. The topological polar surface area (TPSA) is 78.7 Å². The number of hydrogen-bond donors (Lipinski definition) is 1. The zero-order chi connectivity index (χ0) is 14.2. The fraction of sp³-hybridized carbons (Fsp3) is 0. The molecule has 96 valence electrons. The first-order chi connectivity index (χ1) is 8.95. The molecule has 0 aliphatic rings. The number of aromatic nitrogens is 2. The van der Waals surface area contributed by atoms with Gasteiger partial charge in [0.25, 0.3) is 5.56 Å². The highest BCUT2D eigenvalue weighted by atomic mass is 35.5. The summed E-state index contributed by atoms with van der Waals surface area (Å²) in [5, 5.41) is 7.99. The van der Waals surface area contributed by atoms with Crippen molar-refractivity contribution < 1.29 is 4.39 Å². The summed E-state index contributed by atoms with van der Waals surface area (Å²) in [7, 11) is 0. The highest BCUT2D eigenvalue weighted by molar-refractivity contribution is 6.32. The van der Waals surface area contributed by atoms with Crippen LogP contribution in [0.4, 0.5) is 4.39 Å². The molecule has 1 aromatic carbocycles. The van der Waals surface area contributed by atoms with Gasteiger partial charge in [0.05, 0.1) is 22.3 Å². The summed E-state index contributed by atoms with van der Waals surface area (Å²) < 4.78 is 13.9. The second kappa shape index (κ2) is 4.88. The van der Waals surface area contributed by atoms with Gasteiger partial charge in [0.15, 0.2) is 5.15 Å². The predicted molar refractivity (Wildman–Crippen MR) is 67.4 cm³/mol. The van der Waals surface area contributed by atoms with Crippen LogP contribution in [0.1, 0.15) is 5.56 Å². The van der Waals surface area contributed by atoms with E-state index in [1.165, 1.54) is 18.2 Å². The molecule has 1 aromatic heterocycles. The van der Waals surface area contributed by atoms with Crippen LogP contribution in [0.2, 0.25) is 10.2 Å². The van der Waals surface area contributed by atoms with Crippen molar-refractivity contribution in [2.75, 3.05) is 0 Å². The number of nitrogens with zero attached hydrogens (tertiary/aromatic N) is 2. The summed E-state index contributed by atoms with van der Waals surface area (Å²) >= 11 is 11.2. The first kappa shape index (κ1) is 13.3. The van der Waals surface area contributed by atoms with Gasteiger partial charge in [0.2, 0.25) is 5.82 Å². The molecule has 0 radical (unpaired) electrons. The van der Waals surface area contributed by atoms with Gasteiger partial charge in [-0.05, 0) is 18.2 Å². The molecule has 0 spiro atoms. The third-order valence-electron chi connectivity index (χ3n) is 2.32. The average molecular weight is 300 g/mol. The maximum atomic E-state index is 13.4. The van der Waals surface area contributed by atoms with Crippen molar-refractivity contribution in [2.45, 2.75) is 0 Å². The van der Waals surface area contributed by atoms with E-state index in [1.54, 1.807) is 0 Å². The van der Waals surface area contributed by atoms with Gasteiger partial charge in [-0.2, -0.15) is 9.65 Å². The van der Waals surface area contributed by atoms with Gasteiger partial charge in [-0.25, -0.2) is 9.36 Å². The molecule has 1 N–H and O–H groups in total. The SMILES string of the molecule is N#Cc1ccc(-n2c(=O)[nH]c(Cl)c(F)c2=O)c(Cl)c1. The molecule has 0 aliphatic heterocycles. The highest BCUT2D eigenvalue weighted by Gasteiger charge is 2.15. The van der Waals surface area contributed by atoms with Crippen LogP contribution in [0.15, 0.2) is 27.8 Å². The molecule has 1 heterocycles. The van der Waals surface area contributed by atoms with Crippen molar-refractivity contribution in [3.05, 3.63) is 60.6 Å². The fourth-order valence-electron chi connectivity index (χ4n) is 1.47. The number of nitriles is 1. The normalized spacial score (nSPS) is 10.2. The standard InChI is InChI=1S/C11H4Cl2FN3O2/c12-6-3-5(4-15)1-2-7(6)17-10(18)8(14)9(13)16-11(17)19/h1-3H,(H,16,19). The third-order valence-corrected chi connectivity index (χ3v) is 2.88. The largest absolute Gasteiger partial charge is 0.334 e. The van der Waals surface area contributed by atoms with Crippen molar-refractivity contribution in [3.63, 3.8) is 0 Å². The minimum atomic E-state index is -1.29. The Kier molecular flexibility index (Phi) is 3.42. The Morgan fingerprint density at radius 2 is 2.00 bits per heavy atom. The number of hydrogen-bond acceptors (Lipinski definition) is 3. The summed E-state index contributed by atoms with van der Waals surface area (Å²) in [6, 6.07) is 5.72. The molecule has 8 heteroatoms. The van der Waals surface area contributed by atoms with Gasteiger partial charge in [-0.1, -0.05) is 23.2 Å². The predicted octanol–water partition coefficient (Wildman–Crippen LogP) is 1.84. The van der Waals surface area contributed by atoms with Gasteiger partial charge >= 0.3 is 5.69 Å². The minimum absolute atomic E-state index is 0.0339. The Morgan fingerprint density at radius 1 is 1.32 bits per heavy atom. The summed E-state index contributed by atoms with van der Waals surface area (Å²) in [5.74, 6) is -1.29. The van der Waals surface area contributed by atoms with Crippen molar-refractivity contribution in [1.29, 1.82) is 5.26 Å². The molecule has 0 unspecified atom stereocenters. The molecule has 2 rings (SSSR count). The van der Waals surface area contributed by atoms with Gasteiger partial charge in [-0.3, -0.25) is 9.78 Å². The molecule has 0 aliphatic carbocycles. The first-order valence-corrected chi connectivity index (χ1v) is 5.61. The Hall–Kier alpha value is -2.10. The van der Waals surface area contributed by atoms with Gasteiger partial charge in [0.1, 0.15) is 0 Å². The van der Waals surface area contributed by atoms with Crippen LogP contribution in [0.5, 0.6) is 0 Å². The second-order valence-electron chi connectivity index (χ2n) is 3.48. The van der Waals surface area contributed by atoms with E-state index in [0.29, 0.717) is 4.57 Å². The van der Waals surface area contributed by atoms with Crippen LogP contribution in [0, 0.1) is 17.1 Å². The van der Waals surface area contributed by atoms with E-state index < -0.39 is 22.2 Å². The van der Waals surface area contributed by atoms with Crippen LogP contribution in [-0.2, 0) is 0 Å². The minimum Gasteiger partial charge on any atom is -0.295 e. The van der Waals surface area contributed by atoms with Crippen molar-refractivity contribution in [1.82, 2.24) is 9.55 Å². The van der Waals surface area contributed by atoms with E-state index in [-0.39, 0.29) is 16.3 Å². The van der Waals surface area contributed by atoms with Crippen molar-refractivity contribution >= 4 is 23.2 Å². The lowest BCUT2D eigenvalue weighted by molar-refractivity contribution is 0.584. The average Bonchev–Trinajstić information content (AvgIpc) is 2.38. The van der Waals surface area contributed by atoms with Gasteiger partial charge < -0.3 is 0 Å². The number of aromatic amines is 1. The molecular weight excluding hydrogens is 296 g/mol. The molecule has 0 amide bonds. The molecule has 0 fully saturated rings. The van der Waals surface area contributed by atoms with Gasteiger partial charge in [-0.15, -0.1) is 0 Å². The summed E-state index contributed by atoms with van der Waals surface area (Å²) in [4.78, 5) is 25.3. The molecular formula is C11H4Cl2FN3O2. The quantitative estimate of drug-likeness (QED) is 0.816.